The highest BCUT2D eigenvalue weighted by molar-refractivity contribution is 6.30. The van der Waals surface area contributed by atoms with Gasteiger partial charge in [-0.25, -0.2) is 4.99 Å². The Balaban J connectivity index is 1.29. The molecule has 1 saturated heterocycles. The van der Waals surface area contributed by atoms with Crippen LogP contribution in [0.15, 0.2) is 53.7 Å². The predicted molar refractivity (Wildman–Crippen MR) is 132 cm³/mol. The first-order valence-electron chi connectivity index (χ1n) is 12.1. The molecule has 0 atom stereocenters. The van der Waals surface area contributed by atoms with Gasteiger partial charge >= 0.3 is 0 Å². The molecule has 3 fully saturated rings. The zero-order valence-electron chi connectivity index (χ0n) is 19.3. The lowest BCUT2D eigenvalue weighted by molar-refractivity contribution is -0.123. The minimum absolute atomic E-state index is 0.00125. The first-order valence-corrected chi connectivity index (χ1v) is 12.5. The van der Waals surface area contributed by atoms with E-state index in [4.69, 9.17) is 16.6 Å². The van der Waals surface area contributed by atoms with Crippen LogP contribution in [0.4, 0.5) is 0 Å². The number of carbonyl (C=O) groups is 2. The molecule has 1 N–H and O–H groups in total. The van der Waals surface area contributed by atoms with E-state index in [0.29, 0.717) is 36.8 Å². The standard InChI is InChI=1S/C26H30ClN5O2/c27-21-8-6-20(7-9-21)24(33)32-17-15-31(16-18-32)23(22-3-1-2-13-28-22)30-26(11-12-26)25(34)29-14-10-19-4-5-19/h1-3,6-9,13,19H,4-5,10-12,14-18H2,(H,29,34). The number of nitrogens with one attached hydrogen (secondary N) is 1. The average molecular weight is 480 g/mol. The van der Waals surface area contributed by atoms with E-state index in [2.05, 4.69) is 15.2 Å². The van der Waals surface area contributed by atoms with Crippen LogP contribution in [0.25, 0.3) is 0 Å². The van der Waals surface area contributed by atoms with Crippen molar-refractivity contribution >= 4 is 29.3 Å². The van der Waals surface area contributed by atoms with Gasteiger partial charge in [-0.05, 0) is 61.6 Å². The Morgan fingerprint density at radius 2 is 1.74 bits per heavy atom. The Kier molecular flexibility index (Phi) is 6.55. The lowest BCUT2D eigenvalue weighted by atomic mass is 10.1. The zero-order valence-corrected chi connectivity index (χ0v) is 20.0. The summed E-state index contributed by atoms with van der Waals surface area (Å²) in [5.74, 6) is 1.56. The van der Waals surface area contributed by atoms with Crippen molar-refractivity contribution in [2.24, 2.45) is 10.9 Å². The number of halogens is 1. The molecule has 2 saturated carbocycles. The number of carbonyl (C=O) groups excluding carboxylic acids is 2. The summed E-state index contributed by atoms with van der Waals surface area (Å²) in [6.07, 6.45) is 6.90. The maximum absolute atomic E-state index is 13.0. The molecule has 7 nitrogen and oxygen atoms in total. The van der Waals surface area contributed by atoms with Gasteiger partial charge in [0.1, 0.15) is 11.2 Å². The van der Waals surface area contributed by atoms with Crippen LogP contribution in [0.1, 0.15) is 48.2 Å². The van der Waals surface area contributed by atoms with E-state index in [1.807, 2.05) is 23.1 Å². The smallest absolute Gasteiger partial charge is 0.253 e. The lowest BCUT2D eigenvalue weighted by Gasteiger charge is -2.36. The van der Waals surface area contributed by atoms with Crippen LogP contribution in [0.2, 0.25) is 5.02 Å². The maximum Gasteiger partial charge on any atom is 0.253 e. The van der Waals surface area contributed by atoms with Crippen molar-refractivity contribution in [1.82, 2.24) is 20.1 Å². The summed E-state index contributed by atoms with van der Waals surface area (Å²) >= 11 is 5.96. The Labute approximate surface area is 205 Å². The number of piperazine rings is 1. The Bertz CT molecular complexity index is 1060. The van der Waals surface area contributed by atoms with Crippen LogP contribution in [0.3, 0.4) is 0 Å². The number of hydrogen-bond acceptors (Lipinski definition) is 4. The van der Waals surface area contributed by atoms with Gasteiger partial charge in [-0.3, -0.25) is 14.6 Å². The molecule has 8 heteroatoms. The van der Waals surface area contributed by atoms with Crippen molar-refractivity contribution in [1.29, 1.82) is 0 Å². The molecule has 0 unspecified atom stereocenters. The second-order valence-electron chi connectivity index (χ2n) is 9.46. The topological polar surface area (TPSA) is 77.9 Å². The van der Waals surface area contributed by atoms with E-state index >= 15 is 0 Å². The van der Waals surface area contributed by atoms with E-state index in [1.165, 1.54) is 12.8 Å². The molecule has 3 aliphatic rings. The Hall–Kier alpha value is -2.93. The van der Waals surface area contributed by atoms with Gasteiger partial charge in [-0.1, -0.05) is 30.5 Å². The largest absolute Gasteiger partial charge is 0.354 e. The van der Waals surface area contributed by atoms with E-state index in [9.17, 15) is 9.59 Å². The monoisotopic (exact) mass is 479 g/mol. The molecule has 1 aliphatic heterocycles. The van der Waals surface area contributed by atoms with Crippen LogP contribution < -0.4 is 5.32 Å². The molecule has 2 aromatic rings. The van der Waals surface area contributed by atoms with E-state index < -0.39 is 5.54 Å². The molecule has 1 aromatic heterocycles. The number of pyridine rings is 1. The molecule has 2 aliphatic carbocycles. The van der Waals surface area contributed by atoms with Crippen molar-refractivity contribution < 1.29 is 9.59 Å². The third-order valence-electron chi connectivity index (χ3n) is 6.85. The molecule has 0 bridgehead atoms. The van der Waals surface area contributed by atoms with Gasteiger partial charge in [0.15, 0.2) is 5.84 Å². The number of aliphatic imine (C=N–C) groups is 1. The number of benzene rings is 1. The average Bonchev–Trinajstić information content (AvgIpc) is 3.80. The second-order valence-corrected chi connectivity index (χ2v) is 9.89. The van der Waals surface area contributed by atoms with Crippen molar-refractivity contribution in [3.8, 4) is 0 Å². The normalized spacial score (nSPS) is 19.6. The number of nitrogens with zero attached hydrogens (tertiary/aromatic N) is 4. The minimum atomic E-state index is -0.688. The molecule has 1 aromatic carbocycles. The van der Waals surface area contributed by atoms with Gasteiger partial charge in [0, 0.05) is 49.5 Å². The summed E-state index contributed by atoms with van der Waals surface area (Å²) in [6.45, 7) is 3.15. The lowest BCUT2D eigenvalue weighted by Crippen LogP contribution is -2.51. The molecular formula is C26H30ClN5O2. The second kappa shape index (κ2) is 9.74. The SMILES string of the molecule is O=C(c1ccc(Cl)cc1)N1CCN(C(=NC2(C(=O)NCCC3CC3)CC2)c2ccccn2)CC1. The molecule has 178 valence electrons. The van der Waals surface area contributed by atoms with Gasteiger partial charge < -0.3 is 15.1 Å². The van der Waals surface area contributed by atoms with E-state index in [-0.39, 0.29) is 11.8 Å². The van der Waals surface area contributed by atoms with Gasteiger partial charge in [-0.15, -0.1) is 0 Å². The highest BCUT2D eigenvalue weighted by Gasteiger charge is 2.51. The van der Waals surface area contributed by atoms with Gasteiger partial charge in [0.05, 0.1) is 0 Å². The van der Waals surface area contributed by atoms with Crippen LogP contribution in [0.5, 0.6) is 0 Å². The molecule has 34 heavy (non-hydrogen) atoms. The molecule has 2 amide bonds. The summed E-state index contributed by atoms with van der Waals surface area (Å²) in [6, 6.07) is 12.7. The quantitative estimate of drug-likeness (QED) is 0.487. The van der Waals surface area contributed by atoms with Crippen molar-refractivity contribution in [2.45, 2.75) is 37.6 Å². The zero-order chi connectivity index (χ0) is 23.5. The number of amidine groups is 1. The summed E-state index contributed by atoms with van der Waals surface area (Å²) in [4.78, 5) is 39.4. The number of amides is 2. The third-order valence-corrected chi connectivity index (χ3v) is 7.10. The fraction of sp³-hybridized carbons (Fsp3) is 0.462. The summed E-state index contributed by atoms with van der Waals surface area (Å²) < 4.78 is 0. The van der Waals surface area contributed by atoms with Crippen LogP contribution in [-0.2, 0) is 4.79 Å². The first-order chi connectivity index (χ1) is 16.5. The van der Waals surface area contributed by atoms with Crippen LogP contribution in [0, 0.1) is 5.92 Å². The van der Waals surface area contributed by atoms with Crippen molar-refractivity contribution in [3.05, 3.63) is 64.9 Å². The van der Waals surface area contributed by atoms with Crippen LogP contribution >= 0.6 is 11.6 Å². The minimum Gasteiger partial charge on any atom is -0.354 e. The summed E-state index contributed by atoms with van der Waals surface area (Å²) in [5.41, 5.74) is 0.709. The van der Waals surface area contributed by atoms with E-state index in [1.54, 1.807) is 30.5 Å². The van der Waals surface area contributed by atoms with Gasteiger partial charge in [0.25, 0.3) is 5.91 Å². The first kappa shape index (κ1) is 22.8. The Morgan fingerprint density at radius 3 is 2.35 bits per heavy atom. The van der Waals surface area contributed by atoms with Gasteiger partial charge in [-0.2, -0.15) is 0 Å². The van der Waals surface area contributed by atoms with Crippen LogP contribution in [-0.4, -0.2) is 70.7 Å². The highest BCUT2D eigenvalue weighted by Crippen LogP contribution is 2.41. The molecule has 0 spiro atoms. The molecule has 5 rings (SSSR count). The molecule has 0 radical (unpaired) electrons. The predicted octanol–water partition coefficient (Wildman–Crippen LogP) is 3.39. The summed E-state index contributed by atoms with van der Waals surface area (Å²) in [7, 11) is 0. The number of rotatable bonds is 7. The maximum atomic E-state index is 13.0. The molecule has 2 heterocycles. The Morgan fingerprint density at radius 1 is 1.03 bits per heavy atom. The van der Waals surface area contributed by atoms with Crippen molar-refractivity contribution in [2.75, 3.05) is 32.7 Å². The van der Waals surface area contributed by atoms with E-state index in [0.717, 1.165) is 43.3 Å². The fourth-order valence-electron chi connectivity index (χ4n) is 4.35. The number of hydrogen-bond donors (Lipinski definition) is 1. The summed E-state index contributed by atoms with van der Waals surface area (Å²) in [5, 5.41) is 3.73. The van der Waals surface area contributed by atoms with Gasteiger partial charge in [0.2, 0.25) is 5.91 Å². The highest BCUT2D eigenvalue weighted by atomic mass is 35.5. The number of aromatic nitrogens is 1. The third kappa shape index (κ3) is 5.25. The fourth-order valence-corrected chi connectivity index (χ4v) is 4.48. The molecular weight excluding hydrogens is 450 g/mol. The van der Waals surface area contributed by atoms with Crippen molar-refractivity contribution in [3.63, 3.8) is 0 Å².